The van der Waals surface area contributed by atoms with E-state index in [0.717, 1.165) is 12.0 Å². The maximum atomic E-state index is 12.2. The molecule has 1 fully saturated rings. The molecule has 0 saturated heterocycles. The summed E-state index contributed by atoms with van der Waals surface area (Å²) in [6.45, 7) is 0.198. The molecule has 1 aromatic rings. The molecule has 0 heterocycles. The van der Waals surface area contributed by atoms with Gasteiger partial charge in [0.05, 0.1) is 11.8 Å². The zero-order valence-corrected chi connectivity index (χ0v) is 10.9. The number of allylic oxidation sites excluding steroid dienone is 2. The monoisotopic (exact) mass is 272 g/mol. The van der Waals surface area contributed by atoms with Crippen molar-refractivity contribution >= 4 is 11.9 Å². The Hall–Kier alpha value is -2.10. The number of carboxylic acids is 1. The van der Waals surface area contributed by atoms with Crippen molar-refractivity contribution in [1.82, 2.24) is 0 Å². The molecule has 0 radical (unpaired) electrons. The zero-order valence-electron chi connectivity index (χ0n) is 10.9. The van der Waals surface area contributed by atoms with E-state index in [2.05, 4.69) is 0 Å². The Morgan fingerprint density at radius 3 is 2.40 bits per heavy atom. The van der Waals surface area contributed by atoms with E-state index in [1.54, 1.807) is 0 Å². The highest BCUT2D eigenvalue weighted by Crippen LogP contribution is 2.48. The Kier molecular flexibility index (Phi) is 3.30. The molecule has 0 spiro atoms. The minimum atomic E-state index is -0.900. The average molecular weight is 272 g/mol. The van der Waals surface area contributed by atoms with E-state index < -0.39 is 23.8 Å². The van der Waals surface area contributed by atoms with Crippen molar-refractivity contribution in [2.45, 2.75) is 13.0 Å². The van der Waals surface area contributed by atoms with Crippen molar-refractivity contribution in [2.75, 3.05) is 0 Å². The van der Waals surface area contributed by atoms with E-state index in [4.69, 9.17) is 4.74 Å². The molecule has 2 aliphatic carbocycles. The van der Waals surface area contributed by atoms with Crippen LogP contribution < -0.4 is 0 Å². The van der Waals surface area contributed by atoms with Crippen LogP contribution in [0.5, 0.6) is 0 Å². The Morgan fingerprint density at radius 1 is 1.10 bits per heavy atom. The number of aliphatic carboxylic acids is 1. The summed E-state index contributed by atoms with van der Waals surface area (Å²) in [7, 11) is 0. The molecule has 2 aliphatic rings. The van der Waals surface area contributed by atoms with Gasteiger partial charge in [-0.15, -0.1) is 0 Å². The minimum absolute atomic E-state index is 0.0179. The lowest BCUT2D eigenvalue weighted by atomic mass is 9.83. The quantitative estimate of drug-likeness (QED) is 0.674. The first kappa shape index (κ1) is 12.9. The van der Waals surface area contributed by atoms with Gasteiger partial charge in [0.2, 0.25) is 0 Å². The van der Waals surface area contributed by atoms with Crippen molar-refractivity contribution in [1.29, 1.82) is 0 Å². The predicted molar refractivity (Wildman–Crippen MR) is 71.6 cm³/mol. The average Bonchev–Trinajstić information content (AvgIpc) is 3.06. The molecule has 20 heavy (non-hydrogen) atoms. The van der Waals surface area contributed by atoms with Crippen LogP contribution in [0.15, 0.2) is 42.5 Å². The maximum Gasteiger partial charge on any atom is 0.310 e. The molecule has 3 rings (SSSR count). The van der Waals surface area contributed by atoms with Gasteiger partial charge in [-0.05, 0) is 23.8 Å². The molecule has 0 aromatic heterocycles. The molecular weight excluding hydrogens is 256 g/mol. The first-order valence-corrected chi connectivity index (χ1v) is 6.78. The van der Waals surface area contributed by atoms with Crippen LogP contribution in [-0.2, 0) is 20.9 Å². The first-order valence-electron chi connectivity index (χ1n) is 6.78. The van der Waals surface area contributed by atoms with Gasteiger partial charge in [-0.3, -0.25) is 9.59 Å². The number of benzene rings is 1. The summed E-state index contributed by atoms with van der Waals surface area (Å²) >= 11 is 0. The van der Waals surface area contributed by atoms with Gasteiger partial charge in [0.1, 0.15) is 6.61 Å². The van der Waals surface area contributed by atoms with Crippen molar-refractivity contribution in [3.05, 3.63) is 48.0 Å². The summed E-state index contributed by atoms with van der Waals surface area (Å²) in [4.78, 5) is 23.5. The van der Waals surface area contributed by atoms with Crippen molar-refractivity contribution in [2.24, 2.45) is 23.7 Å². The lowest BCUT2D eigenvalue weighted by molar-refractivity contribution is -0.159. The van der Waals surface area contributed by atoms with Crippen LogP contribution in [0.2, 0.25) is 0 Å². The normalized spacial score (nSPS) is 30.4. The number of hydrogen-bond acceptors (Lipinski definition) is 3. The van der Waals surface area contributed by atoms with Crippen LogP contribution in [0.3, 0.4) is 0 Å². The number of esters is 1. The number of hydrogen-bond donors (Lipinski definition) is 1. The summed E-state index contributed by atoms with van der Waals surface area (Å²) < 4.78 is 5.31. The third-order valence-electron chi connectivity index (χ3n) is 4.24. The maximum absolute atomic E-state index is 12.2. The lowest BCUT2D eigenvalue weighted by Gasteiger charge is -2.23. The molecule has 4 heteroatoms. The lowest BCUT2D eigenvalue weighted by Crippen LogP contribution is -2.34. The molecule has 0 amide bonds. The van der Waals surface area contributed by atoms with E-state index in [0.29, 0.717) is 0 Å². The molecule has 1 saturated carbocycles. The second-order valence-corrected chi connectivity index (χ2v) is 5.43. The highest BCUT2D eigenvalue weighted by Gasteiger charge is 2.52. The second kappa shape index (κ2) is 5.12. The van der Waals surface area contributed by atoms with Crippen LogP contribution in [0.25, 0.3) is 0 Å². The molecule has 2 bridgehead atoms. The number of fused-ring (bicyclic) bond motifs is 2. The van der Waals surface area contributed by atoms with Gasteiger partial charge in [-0.25, -0.2) is 0 Å². The topological polar surface area (TPSA) is 63.6 Å². The Bertz CT molecular complexity index is 549. The number of carbonyl (C=O) groups excluding carboxylic acids is 1. The fourth-order valence-electron chi connectivity index (χ4n) is 3.31. The molecular formula is C16H16O4. The summed E-state index contributed by atoms with van der Waals surface area (Å²) in [6, 6.07) is 9.41. The molecule has 0 unspecified atom stereocenters. The van der Waals surface area contributed by atoms with Crippen LogP contribution >= 0.6 is 0 Å². The smallest absolute Gasteiger partial charge is 0.310 e. The van der Waals surface area contributed by atoms with Crippen molar-refractivity contribution in [3.63, 3.8) is 0 Å². The van der Waals surface area contributed by atoms with E-state index in [1.165, 1.54) is 0 Å². The summed E-state index contributed by atoms with van der Waals surface area (Å²) in [5.74, 6) is -2.46. The van der Waals surface area contributed by atoms with Crippen LogP contribution in [0.1, 0.15) is 12.0 Å². The number of carboxylic acid groups (broad SMARTS) is 1. The van der Waals surface area contributed by atoms with Gasteiger partial charge in [-0.2, -0.15) is 0 Å². The largest absolute Gasteiger partial charge is 0.481 e. The Morgan fingerprint density at radius 2 is 1.75 bits per heavy atom. The molecule has 104 valence electrons. The van der Waals surface area contributed by atoms with Gasteiger partial charge in [0, 0.05) is 0 Å². The molecule has 4 atom stereocenters. The molecule has 0 aliphatic heterocycles. The third kappa shape index (κ3) is 2.22. The van der Waals surface area contributed by atoms with Crippen LogP contribution in [-0.4, -0.2) is 17.0 Å². The highest BCUT2D eigenvalue weighted by molar-refractivity contribution is 5.83. The Balaban J connectivity index is 1.68. The van der Waals surface area contributed by atoms with Crippen molar-refractivity contribution < 1.29 is 19.4 Å². The standard InChI is InChI=1S/C16H16O4/c17-15(18)13-11-6-7-12(8-11)14(13)16(19)20-9-10-4-2-1-3-5-10/h1-7,11-14H,8-9H2,(H,17,18)/t11-,12+,13-,14+/m0/s1. The van der Waals surface area contributed by atoms with E-state index in [-0.39, 0.29) is 18.4 Å². The Labute approximate surface area is 117 Å². The second-order valence-electron chi connectivity index (χ2n) is 5.43. The van der Waals surface area contributed by atoms with Gasteiger partial charge < -0.3 is 9.84 Å². The van der Waals surface area contributed by atoms with Gasteiger partial charge >= 0.3 is 11.9 Å². The van der Waals surface area contributed by atoms with Crippen LogP contribution in [0, 0.1) is 23.7 Å². The summed E-state index contributed by atoms with van der Waals surface area (Å²) in [5.41, 5.74) is 0.909. The van der Waals surface area contributed by atoms with E-state index in [9.17, 15) is 14.7 Å². The van der Waals surface area contributed by atoms with Gasteiger partial charge in [-0.1, -0.05) is 42.5 Å². The van der Waals surface area contributed by atoms with E-state index in [1.807, 2.05) is 42.5 Å². The molecule has 1 N–H and O–H groups in total. The summed E-state index contributed by atoms with van der Waals surface area (Å²) in [6.07, 6.45) is 4.63. The fraction of sp³-hybridized carbons (Fsp3) is 0.375. The third-order valence-corrected chi connectivity index (χ3v) is 4.24. The van der Waals surface area contributed by atoms with E-state index >= 15 is 0 Å². The predicted octanol–water partition coefficient (Wildman–Crippen LogP) is 2.25. The first-order chi connectivity index (χ1) is 9.66. The molecule has 1 aromatic carbocycles. The number of ether oxygens (including phenoxy) is 1. The minimum Gasteiger partial charge on any atom is -0.481 e. The van der Waals surface area contributed by atoms with Crippen LogP contribution in [0.4, 0.5) is 0 Å². The summed E-state index contributed by atoms with van der Waals surface area (Å²) in [5, 5.41) is 9.30. The zero-order chi connectivity index (χ0) is 14.1. The van der Waals surface area contributed by atoms with Crippen molar-refractivity contribution in [3.8, 4) is 0 Å². The molecule has 4 nitrogen and oxygen atoms in total. The van der Waals surface area contributed by atoms with Gasteiger partial charge in [0.15, 0.2) is 0 Å². The number of carbonyl (C=O) groups is 2. The fourth-order valence-corrected chi connectivity index (χ4v) is 3.31. The SMILES string of the molecule is O=C(O)[C@@H]1[C@H](C(=O)OCc2ccccc2)[C@@H]2C=C[C@H]1C2. The number of rotatable bonds is 4. The van der Waals surface area contributed by atoms with Gasteiger partial charge in [0.25, 0.3) is 0 Å². The highest BCUT2D eigenvalue weighted by atomic mass is 16.5.